The second-order valence-corrected chi connectivity index (χ2v) is 10.5. The molecular weight excluding hydrogens is 472 g/mol. The highest BCUT2D eigenvalue weighted by Gasteiger charge is 2.17. The molecule has 7 aromatic rings. The number of aromatic nitrogens is 2. The van der Waals surface area contributed by atoms with Gasteiger partial charge in [-0.05, 0) is 66.8 Å². The highest BCUT2D eigenvalue weighted by molar-refractivity contribution is 6.10. The fraction of sp³-hybridized carbons (Fsp3) is 0.0811. The Labute approximate surface area is 227 Å². The molecule has 1 aliphatic rings. The quantitative estimate of drug-likeness (QED) is 0.228. The standard InChI is InChI=1S/C37H28N2/c1-5-19-34-30(15-1)31-16-2-6-20-35(31)38(34)28-13-9-11-26(23-24-28)27-12-10-14-29(25-27)39-36-21-7-3-17-32(36)33-18-4-8-22-37(33)39/h1-10,12-22,24-26H,11,23H2. The van der Waals surface area contributed by atoms with E-state index in [-0.39, 0.29) is 0 Å². The lowest BCUT2D eigenvalue weighted by Gasteiger charge is -2.16. The van der Waals surface area contributed by atoms with E-state index in [1.165, 1.54) is 60.6 Å². The van der Waals surface area contributed by atoms with Crippen molar-refractivity contribution in [1.82, 2.24) is 9.13 Å². The van der Waals surface area contributed by atoms with Crippen molar-refractivity contribution in [2.24, 2.45) is 0 Å². The third-order valence-electron chi connectivity index (χ3n) is 8.34. The van der Waals surface area contributed by atoms with E-state index in [9.17, 15) is 0 Å². The van der Waals surface area contributed by atoms with Gasteiger partial charge in [-0.1, -0.05) is 97.1 Å². The maximum absolute atomic E-state index is 2.43. The number of hydrogen-bond donors (Lipinski definition) is 0. The Kier molecular flexibility index (Phi) is 5.06. The summed E-state index contributed by atoms with van der Waals surface area (Å²) in [5.74, 6) is 0.430. The van der Waals surface area contributed by atoms with E-state index in [4.69, 9.17) is 0 Å². The minimum Gasteiger partial charge on any atom is -0.310 e. The van der Waals surface area contributed by atoms with Gasteiger partial charge in [0.1, 0.15) is 0 Å². The summed E-state index contributed by atoms with van der Waals surface area (Å²) in [6, 6.07) is 44.1. The molecule has 186 valence electrons. The largest absolute Gasteiger partial charge is 0.310 e. The van der Waals surface area contributed by atoms with Crippen LogP contribution in [-0.2, 0) is 0 Å². The van der Waals surface area contributed by atoms with Gasteiger partial charge in [-0.25, -0.2) is 0 Å². The Morgan fingerprint density at radius 2 is 1.00 bits per heavy atom. The van der Waals surface area contributed by atoms with Crippen LogP contribution in [0.2, 0.25) is 0 Å². The Balaban J connectivity index is 1.21. The van der Waals surface area contributed by atoms with Crippen molar-refractivity contribution in [3.05, 3.63) is 145 Å². The van der Waals surface area contributed by atoms with Crippen molar-refractivity contribution in [2.75, 3.05) is 0 Å². The molecule has 1 unspecified atom stereocenters. The van der Waals surface area contributed by atoms with E-state index >= 15 is 0 Å². The molecule has 2 heterocycles. The van der Waals surface area contributed by atoms with Crippen LogP contribution >= 0.6 is 0 Å². The second-order valence-electron chi connectivity index (χ2n) is 10.5. The smallest absolute Gasteiger partial charge is 0.0541 e. The number of hydrogen-bond acceptors (Lipinski definition) is 0. The number of allylic oxidation sites excluding steroid dienone is 4. The Hall–Kier alpha value is -4.82. The van der Waals surface area contributed by atoms with Crippen LogP contribution in [0, 0.1) is 0 Å². The van der Waals surface area contributed by atoms with Gasteiger partial charge >= 0.3 is 0 Å². The lowest BCUT2D eigenvalue weighted by molar-refractivity contribution is 0.716. The molecule has 39 heavy (non-hydrogen) atoms. The van der Waals surface area contributed by atoms with Crippen molar-refractivity contribution >= 4 is 49.3 Å². The van der Waals surface area contributed by atoms with Crippen molar-refractivity contribution in [3.63, 3.8) is 0 Å². The Bertz CT molecular complexity index is 1980. The third kappa shape index (κ3) is 3.49. The van der Waals surface area contributed by atoms with Crippen molar-refractivity contribution in [2.45, 2.75) is 18.8 Å². The van der Waals surface area contributed by atoms with E-state index in [0.29, 0.717) is 5.92 Å². The number of para-hydroxylation sites is 4. The second kappa shape index (κ2) is 8.89. The Morgan fingerprint density at radius 1 is 0.487 bits per heavy atom. The number of fused-ring (bicyclic) bond motifs is 6. The van der Waals surface area contributed by atoms with E-state index in [1.807, 2.05) is 0 Å². The highest BCUT2D eigenvalue weighted by Crippen LogP contribution is 2.37. The molecule has 0 saturated carbocycles. The SMILES string of the molecule is C1=CC(n2c3ccccc3c3ccccc32)=CCC(c2cccc(-n3c4ccccc4c4ccccc43)c2)C1. The summed E-state index contributed by atoms with van der Waals surface area (Å²) in [6.45, 7) is 0. The van der Waals surface area contributed by atoms with Gasteiger partial charge < -0.3 is 9.13 Å². The van der Waals surface area contributed by atoms with Crippen LogP contribution in [0.1, 0.15) is 24.3 Å². The molecule has 0 amide bonds. The molecule has 2 aromatic heterocycles. The molecule has 1 atom stereocenters. The van der Waals surface area contributed by atoms with E-state index < -0.39 is 0 Å². The van der Waals surface area contributed by atoms with E-state index in [0.717, 1.165) is 12.8 Å². The molecule has 5 aromatic carbocycles. The molecule has 2 nitrogen and oxygen atoms in total. The number of rotatable bonds is 3. The predicted octanol–water partition coefficient (Wildman–Crippen LogP) is 9.87. The van der Waals surface area contributed by atoms with Crippen LogP contribution in [0.4, 0.5) is 0 Å². The van der Waals surface area contributed by atoms with Gasteiger partial charge in [0.05, 0.1) is 22.1 Å². The average Bonchev–Trinajstić information content (AvgIpc) is 3.39. The zero-order chi connectivity index (χ0) is 25.8. The zero-order valence-electron chi connectivity index (χ0n) is 21.7. The predicted molar refractivity (Wildman–Crippen MR) is 166 cm³/mol. The normalized spacial score (nSPS) is 15.8. The maximum Gasteiger partial charge on any atom is 0.0541 e. The first-order valence-corrected chi connectivity index (χ1v) is 13.8. The lowest BCUT2D eigenvalue weighted by Crippen LogP contribution is -2.00. The van der Waals surface area contributed by atoms with Gasteiger partial charge in [-0.15, -0.1) is 0 Å². The molecule has 0 spiro atoms. The molecule has 1 aliphatic carbocycles. The van der Waals surface area contributed by atoms with Gasteiger partial charge in [0, 0.05) is 32.9 Å². The van der Waals surface area contributed by atoms with Gasteiger partial charge in [0.25, 0.3) is 0 Å². The van der Waals surface area contributed by atoms with Crippen molar-refractivity contribution in [1.29, 1.82) is 0 Å². The fourth-order valence-corrected chi connectivity index (χ4v) is 6.54. The first-order valence-electron chi connectivity index (χ1n) is 13.8. The van der Waals surface area contributed by atoms with Crippen molar-refractivity contribution in [3.8, 4) is 5.69 Å². The van der Waals surface area contributed by atoms with E-state index in [1.54, 1.807) is 0 Å². The molecular formula is C37H28N2. The summed E-state index contributed by atoms with van der Waals surface area (Å²) < 4.78 is 4.85. The van der Waals surface area contributed by atoms with Gasteiger partial charge in [-0.3, -0.25) is 0 Å². The summed E-state index contributed by atoms with van der Waals surface area (Å²) in [4.78, 5) is 0. The van der Waals surface area contributed by atoms with Crippen LogP contribution in [0.3, 0.4) is 0 Å². The van der Waals surface area contributed by atoms with Crippen LogP contribution in [0.5, 0.6) is 0 Å². The first-order chi connectivity index (χ1) is 19.4. The molecule has 0 radical (unpaired) electrons. The first kappa shape index (κ1) is 22.2. The summed E-state index contributed by atoms with van der Waals surface area (Å²) in [5.41, 5.74) is 8.91. The monoisotopic (exact) mass is 500 g/mol. The molecule has 0 aliphatic heterocycles. The lowest BCUT2D eigenvalue weighted by atomic mass is 9.92. The number of nitrogens with zero attached hydrogens (tertiary/aromatic N) is 2. The number of benzene rings is 5. The minimum atomic E-state index is 0.430. The van der Waals surface area contributed by atoms with Gasteiger partial charge in [0.2, 0.25) is 0 Å². The summed E-state index contributed by atoms with van der Waals surface area (Å²) in [5, 5.41) is 5.22. The minimum absolute atomic E-state index is 0.430. The Morgan fingerprint density at radius 3 is 1.56 bits per heavy atom. The highest BCUT2D eigenvalue weighted by atomic mass is 15.0. The van der Waals surface area contributed by atoms with Crippen LogP contribution in [0.25, 0.3) is 55.0 Å². The van der Waals surface area contributed by atoms with Gasteiger partial charge in [-0.2, -0.15) is 0 Å². The van der Waals surface area contributed by atoms with Gasteiger partial charge in [0.15, 0.2) is 0 Å². The summed E-state index contributed by atoms with van der Waals surface area (Å²) in [7, 11) is 0. The van der Waals surface area contributed by atoms with E-state index in [2.05, 4.69) is 149 Å². The van der Waals surface area contributed by atoms with Crippen molar-refractivity contribution < 1.29 is 0 Å². The van der Waals surface area contributed by atoms with Crippen LogP contribution in [-0.4, -0.2) is 9.13 Å². The topological polar surface area (TPSA) is 9.86 Å². The average molecular weight is 501 g/mol. The fourth-order valence-electron chi connectivity index (χ4n) is 6.54. The molecule has 0 N–H and O–H groups in total. The molecule has 8 rings (SSSR count). The molecule has 0 bridgehead atoms. The maximum atomic E-state index is 2.43. The zero-order valence-corrected chi connectivity index (χ0v) is 21.7. The summed E-state index contributed by atoms with van der Waals surface area (Å²) >= 11 is 0. The summed E-state index contributed by atoms with van der Waals surface area (Å²) in [6.07, 6.45) is 9.13. The molecule has 0 fully saturated rings. The molecule has 2 heteroatoms. The van der Waals surface area contributed by atoms with Crippen LogP contribution < -0.4 is 0 Å². The van der Waals surface area contributed by atoms with Crippen LogP contribution in [0.15, 0.2) is 140 Å². The third-order valence-corrected chi connectivity index (χ3v) is 8.34. The molecule has 0 saturated heterocycles.